The summed E-state index contributed by atoms with van der Waals surface area (Å²) in [7, 11) is 0. The average Bonchev–Trinajstić information content (AvgIpc) is 1.39. The first-order valence-electron chi connectivity index (χ1n) is 37.0. The van der Waals surface area contributed by atoms with Crippen LogP contribution in [0.3, 0.4) is 0 Å². The summed E-state index contributed by atoms with van der Waals surface area (Å²) >= 11 is 0. The van der Waals surface area contributed by atoms with Gasteiger partial charge in [0.05, 0.1) is 48.6 Å². The predicted octanol–water partition coefficient (Wildman–Crippen LogP) is -1.34. The Morgan fingerprint density at radius 2 is 1.07 bits per heavy atom. The van der Waals surface area contributed by atoms with Gasteiger partial charge in [-0.15, -0.1) is 0 Å². The van der Waals surface area contributed by atoms with E-state index in [1.807, 2.05) is 58.0 Å². The molecule has 11 fully saturated rings. The molecule has 11 aliphatic rings. The van der Waals surface area contributed by atoms with Gasteiger partial charge in [-0.05, 0) is 119 Å². The number of rotatable bonds is 18. The number of carbonyl (C=O) groups excluding carboxylic acids is 2. The third-order valence-corrected chi connectivity index (χ3v) is 27.3. The molecule has 12 rings (SSSR count). The molecule has 2 bridgehead atoms. The number of aliphatic hydroxyl groups excluding tert-OH is 15. The summed E-state index contributed by atoms with van der Waals surface area (Å²) in [6, 6.07) is 9.10. The summed E-state index contributed by atoms with van der Waals surface area (Å²) in [4.78, 5) is 41.7. The molecule has 5 saturated carbocycles. The Labute approximate surface area is 613 Å². The van der Waals surface area contributed by atoms with E-state index in [0.717, 1.165) is 0 Å². The molecule has 1 aromatic rings. The zero-order valence-corrected chi connectivity index (χ0v) is 61.4. The van der Waals surface area contributed by atoms with Crippen LogP contribution in [0, 0.1) is 50.2 Å². The SMILES string of the molecule is C/C=C(/C)C(=O)O[C@H]1[C@H](OC(=O)/C=C\c2ccccc2)[C@@]23C(CC1(C)C)[C@]1(CC[C@@H]4[C@@]5(C)CC[C@H](O[C@@H]6O[C@H](C(=O)O)[C@@H](O)[C@H](O[C@@H]7O[C@H](CO)[C@H](O)[C@H](O)[C@H]7O[C@@H]7O[C@@H](C)[C@H](O)[C@@H](O)[C@H]7O[C@@H]7O[C@@H](C)[C@H](O)[C@@H](O)[C@H]7O)[C@H]6O[C@@H]6O[C@H](CO)[C@H](O)[C@H](O)[C@H]6O)C(C)(C)[C@@H]5CC[C@@]4(C)[C@]1(C)C[C@H]2O)O[C@@H]3O. The topological polar surface area (TPSA) is 495 Å². The highest BCUT2D eigenvalue weighted by atomic mass is 16.8. The molecule has 1 unspecified atom stereocenters. The number of allylic oxidation sites excluding steroid dienone is 1. The Bertz CT molecular complexity index is 3340. The fraction of sp³-hybridized carbons (Fsp3) is 0.824. The van der Waals surface area contributed by atoms with Gasteiger partial charge in [0.25, 0.3) is 0 Å². The molecule has 0 aromatic heterocycles. The maximum atomic E-state index is 14.3. The van der Waals surface area contributed by atoms with Crippen LogP contribution in [0.1, 0.15) is 133 Å². The number of carbonyl (C=O) groups is 3. The van der Waals surface area contributed by atoms with Crippen LogP contribution in [-0.4, -0.2) is 303 Å². The summed E-state index contributed by atoms with van der Waals surface area (Å²) in [5.41, 5.74) is -5.73. The maximum Gasteiger partial charge on any atom is 0.335 e. The van der Waals surface area contributed by atoms with Gasteiger partial charge in [0.2, 0.25) is 0 Å². The Kier molecular flexibility index (Phi) is 23.2. The van der Waals surface area contributed by atoms with Crippen LogP contribution in [0.5, 0.6) is 0 Å². The van der Waals surface area contributed by atoms with Crippen molar-refractivity contribution >= 4 is 24.0 Å². The van der Waals surface area contributed by atoms with E-state index in [1.165, 1.54) is 19.9 Å². The largest absolute Gasteiger partial charge is 0.479 e. The molecular weight excluding hydrogens is 1400 g/mol. The molecule has 6 heterocycles. The molecule has 1 aromatic carbocycles. The monoisotopic (exact) mass is 1510 g/mol. The highest BCUT2D eigenvalue weighted by Gasteiger charge is 2.86. The minimum atomic E-state index is -2.38. The van der Waals surface area contributed by atoms with Crippen molar-refractivity contribution in [3.8, 4) is 0 Å². The third-order valence-electron chi connectivity index (χ3n) is 27.3. The van der Waals surface area contributed by atoms with E-state index in [4.69, 9.17) is 61.6 Å². The molecule has 598 valence electrons. The van der Waals surface area contributed by atoms with E-state index in [9.17, 15) is 96.1 Å². The number of ether oxygens (including phenoxy) is 13. The van der Waals surface area contributed by atoms with Gasteiger partial charge in [0, 0.05) is 28.4 Å². The molecule has 38 atom stereocenters. The van der Waals surface area contributed by atoms with E-state index in [0.29, 0.717) is 49.7 Å². The Morgan fingerprint density at radius 3 is 1.69 bits per heavy atom. The molecule has 6 aliphatic heterocycles. The number of carboxylic acids is 1. The smallest absolute Gasteiger partial charge is 0.335 e. The van der Waals surface area contributed by atoms with Crippen LogP contribution in [-0.2, 0) is 76.0 Å². The molecule has 0 radical (unpaired) electrons. The summed E-state index contributed by atoms with van der Waals surface area (Å²) < 4.78 is 82.1. The summed E-state index contributed by atoms with van der Waals surface area (Å²) in [5, 5.41) is 182. The number of benzene rings is 1. The maximum absolute atomic E-state index is 14.3. The Morgan fingerprint density at radius 1 is 0.538 bits per heavy atom. The van der Waals surface area contributed by atoms with E-state index in [1.54, 1.807) is 26.0 Å². The predicted molar refractivity (Wildman–Crippen MR) is 359 cm³/mol. The van der Waals surface area contributed by atoms with Crippen molar-refractivity contribution < 1.29 is 158 Å². The van der Waals surface area contributed by atoms with E-state index >= 15 is 0 Å². The van der Waals surface area contributed by atoms with Crippen molar-refractivity contribution in [1.29, 1.82) is 0 Å². The summed E-state index contributed by atoms with van der Waals surface area (Å²) in [6.45, 7) is 18.5. The molecule has 0 amide bonds. The first-order valence-corrected chi connectivity index (χ1v) is 37.0. The number of hydrogen-bond acceptors (Lipinski definition) is 31. The third kappa shape index (κ3) is 13.3. The minimum absolute atomic E-state index is 0.0915. The minimum Gasteiger partial charge on any atom is -0.479 e. The molecule has 1 spiro atoms. The normalized spacial score (nSPS) is 51.3. The van der Waals surface area contributed by atoms with Crippen molar-refractivity contribution in [1.82, 2.24) is 0 Å². The fourth-order valence-corrected chi connectivity index (χ4v) is 21.2. The average molecular weight is 1510 g/mol. The number of esters is 2. The van der Waals surface area contributed by atoms with Gasteiger partial charge in [-0.2, -0.15) is 0 Å². The van der Waals surface area contributed by atoms with E-state index < -0.39 is 259 Å². The van der Waals surface area contributed by atoms with Crippen LogP contribution in [0.25, 0.3) is 6.08 Å². The van der Waals surface area contributed by atoms with E-state index in [2.05, 4.69) is 20.8 Å². The van der Waals surface area contributed by atoms with Crippen LogP contribution < -0.4 is 0 Å². The first-order chi connectivity index (χ1) is 49.7. The van der Waals surface area contributed by atoms with Gasteiger partial charge < -0.3 is 143 Å². The summed E-state index contributed by atoms with van der Waals surface area (Å²) in [5.74, 6) is -4.20. The highest BCUT2D eigenvalue weighted by molar-refractivity contribution is 5.88. The van der Waals surface area contributed by atoms with Gasteiger partial charge in [-0.3, -0.25) is 0 Å². The standard InChI is InChI=1S/C74H110O32/c1-12-30(2)61(92)105-58-59(99-41(78)19-18-33-16-14-13-15-17-33)74-38(26-68(58,5)6)73(106-67(74)93)25-21-37-70(9)23-22-40(69(7,8)36(70)20-24-71(37,10)72(73,11)27-39(74)77)98-66-57(104-63-51(88)47(84)44(81)34(28-75)96-63)53(52(89)54(101-66)60(90)91)100-65-56(49(86)45(82)35(29-76)97-65)103-64-55(48(85)43(80)32(4)95-64)102-62-50(87)46(83)42(79)31(3)94-62/h12-19,31-32,34-40,42-59,62-67,75-77,79-89,93H,20-29H2,1-11H3,(H,90,91)/b19-18-,30-12-/t31-,32-,34+,35+,36-,37+,38?,39+,40-,42-,43-,44-,45-,46+,47-,48+,49-,50+,51+,52-,53-,54-,55+,56+,57+,58-,59-,62-,63-,64-,65-,66+,67-,70-,71+,72-,73-,74+/m0/s1. The lowest BCUT2D eigenvalue weighted by Crippen LogP contribution is -2.77. The van der Waals surface area contributed by atoms with Crippen LogP contribution >= 0.6 is 0 Å². The fourth-order valence-electron chi connectivity index (χ4n) is 21.2. The van der Waals surface area contributed by atoms with Crippen molar-refractivity contribution in [2.24, 2.45) is 50.2 Å². The van der Waals surface area contributed by atoms with Crippen molar-refractivity contribution in [3.63, 3.8) is 0 Å². The second-order valence-electron chi connectivity index (χ2n) is 33.6. The lowest BCUT2D eigenvalue weighted by atomic mass is 9.30. The van der Waals surface area contributed by atoms with Crippen molar-refractivity contribution in [2.75, 3.05) is 13.2 Å². The lowest BCUT2D eigenvalue weighted by Gasteiger charge is -2.75. The second-order valence-corrected chi connectivity index (χ2v) is 33.6. The van der Waals surface area contributed by atoms with Gasteiger partial charge >= 0.3 is 17.9 Å². The molecule has 32 nitrogen and oxygen atoms in total. The van der Waals surface area contributed by atoms with Gasteiger partial charge in [-0.1, -0.05) is 84.9 Å². The first kappa shape index (κ1) is 81.6. The Hall–Kier alpha value is -3.93. The number of carboxylic acid groups (broad SMARTS) is 1. The molecule has 106 heavy (non-hydrogen) atoms. The molecule has 6 saturated heterocycles. The Balaban J connectivity index is 0.856. The van der Waals surface area contributed by atoms with Gasteiger partial charge in [0.1, 0.15) is 110 Å². The molecule has 16 N–H and O–H groups in total. The van der Waals surface area contributed by atoms with Crippen molar-refractivity contribution in [2.45, 2.75) is 317 Å². The molecular formula is C74H110O32. The summed E-state index contributed by atoms with van der Waals surface area (Å²) in [6.07, 6.45) is -47.3. The van der Waals surface area contributed by atoms with Gasteiger partial charge in [0.15, 0.2) is 49.9 Å². The van der Waals surface area contributed by atoms with Crippen molar-refractivity contribution in [3.05, 3.63) is 53.6 Å². The lowest BCUT2D eigenvalue weighted by molar-refractivity contribution is -0.412. The second kappa shape index (κ2) is 30.2. The number of fused-ring (bicyclic) bond motifs is 4. The number of aliphatic carboxylic acids is 1. The van der Waals surface area contributed by atoms with Crippen LogP contribution in [0.2, 0.25) is 0 Å². The number of aliphatic hydroxyl groups is 15. The number of hydrogen-bond donors (Lipinski definition) is 16. The zero-order chi connectivity index (χ0) is 77.4. The highest BCUT2D eigenvalue weighted by Crippen LogP contribution is 2.82. The van der Waals surface area contributed by atoms with E-state index in [-0.39, 0.29) is 24.7 Å². The molecule has 32 heteroatoms. The quantitative estimate of drug-likeness (QED) is 0.0460. The van der Waals surface area contributed by atoms with Gasteiger partial charge in [-0.25, -0.2) is 14.4 Å². The van der Waals surface area contributed by atoms with Crippen LogP contribution in [0.15, 0.2) is 48.1 Å². The zero-order valence-electron chi connectivity index (χ0n) is 61.4. The van der Waals surface area contributed by atoms with Crippen LogP contribution in [0.4, 0.5) is 0 Å². The molecule has 5 aliphatic carbocycles.